The Kier molecular flexibility index (Phi) is 5.94. The molecule has 0 aliphatic rings. The summed E-state index contributed by atoms with van der Waals surface area (Å²) < 4.78 is 5.14. The van der Waals surface area contributed by atoms with Crippen LogP contribution in [-0.2, 0) is 4.79 Å². The Labute approximate surface area is 141 Å². The molecule has 1 amide bonds. The van der Waals surface area contributed by atoms with Crippen molar-refractivity contribution in [3.8, 4) is 6.07 Å². The van der Waals surface area contributed by atoms with Crippen molar-refractivity contribution in [1.82, 2.24) is 4.90 Å². The van der Waals surface area contributed by atoms with Crippen molar-refractivity contribution >= 4 is 12.0 Å². The third-order valence-electron chi connectivity index (χ3n) is 3.71. The molecule has 1 atom stereocenters. The molecular formula is C19H20N2O3. The van der Waals surface area contributed by atoms with E-state index in [9.17, 15) is 15.2 Å². The number of amides is 1. The molecule has 24 heavy (non-hydrogen) atoms. The van der Waals surface area contributed by atoms with Crippen LogP contribution in [-0.4, -0.2) is 29.0 Å². The van der Waals surface area contributed by atoms with Gasteiger partial charge in [0, 0.05) is 12.6 Å². The zero-order chi connectivity index (χ0) is 17.5. The van der Waals surface area contributed by atoms with Crippen molar-refractivity contribution in [2.24, 2.45) is 0 Å². The lowest BCUT2D eigenvalue weighted by Crippen LogP contribution is -2.35. The number of carbonyl (C=O) groups excluding carboxylic acids is 1. The second-order valence-corrected chi connectivity index (χ2v) is 5.46. The Balaban J connectivity index is 2.13. The summed E-state index contributed by atoms with van der Waals surface area (Å²) in [5.41, 5.74) is 1.81. The Morgan fingerprint density at radius 2 is 2.08 bits per heavy atom. The molecule has 2 rings (SSSR count). The highest BCUT2D eigenvalue weighted by molar-refractivity contribution is 6.01. The van der Waals surface area contributed by atoms with Gasteiger partial charge in [0.1, 0.15) is 17.4 Å². The fourth-order valence-electron chi connectivity index (χ4n) is 2.29. The van der Waals surface area contributed by atoms with Crippen LogP contribution in [0.3, 0.4) is 0 Å². The first-order valence-electron chi connectivity index (χ1n) is 7.74. The van der Waals surface area contributed by atoms with Crippen LogP contribution in [0.1, 0.15) is 29.9 Å². The second kappa shape index (κ2) is 8.14. The van der Waals surface area contributed by atoms with E-state index in [0.717, 1.165) is 11.1 Å². The molecule has 0 radical (unpaired) electrons. The van der Waals surface area contributed by atoms with E-state index in [1.54, 1.807) is 12.1 Å². The highest BCUT2D eigenvalue weighted by Crippen LogP contribution is 2.17. The van der Waals surface area contributed by atoms with Gasteiger partial charge in [0.05, 0.1) is 18.9 Å². The molecule has 0 spiro atoms. The van der Waals surface area contributed by atoms with Gasteiger partial charge in [-0.3, -0.25) is 4.79 Å². The number of aryl methyl sites for hydroxylation is 1. The van der Waals surface area contributed by atoms with Gasteiger partial charge in [0.25, 0.3) is 5.91 Å². The van der Waals surface area contributed by atoms with Gasteiger partial charge in [0.2, 0.25) is 0 Å². The maximum atomic E-state index is 12.5. The van der Waals surface area contributed by atoms with Crippen molar-refractivity contribution in [2.45, 2.75) is 20.0 Å². The molecule has 2 aromatic rings. The lowest BCUT2D eigenvalue weighted by atomic mass is 10.1. The van der Waals surface area contributed by atoms with Crippen molar-refractivity contribution in [3.05, 3.63) is 65.1 Å². The van der Waals surface area contributed by atoms with Gasteiger partial charge in [-0.2, -0.15) is 5.26 Å². The molecule has 1 N–H and O–H groups in total. The van der Waals surface area contributed by atoms with Gasteiger partial charge in [-0.05, 0) is 31.5 Å². The van der Waals surface area contributed by atoms with Crippen LogP contribution in [0.25, 0.3) is 6.08 Å². The molecule has 0 bridgehead atoms. The van der Waals surface area contributed by atoms with Gasteiger partial charge in [-0.15, -0.1) is 0 Å². The minimum absolute atomic E-state index is 0.0251. The lowest BCUT2D eigenvalue weighted by Gasteiger charge is -2.24. The first-order chi connectivity index (χ1) is 11.5. The maximum Gasteiger partial charge on any atom is 0.264 e. The van der Waals surface area contributed by atoms with Crippen LogP contribution in [0, 0.1) is 18.3 Å². The van der Waals surface area contributed by atoms with Crippen LogP contribution in [0.15, 0.2) is 52.7 Å². The zero-order valence-electron chi connectivity index (χ0n) is 13.8. The summed E-state index contributed by atoms with van der Waals surface area (Å²) >= 11 is 0. The molecule has 1 aromatic carbocycles. The maximum absolute atomic E-state index is 12.5. The van der Waals surface area contributed by atoms with Crippen molar-refractivity contribution < 1.29 is 14.3 Å². The monoisotopic (exact) mass is 324 g/mol. The summed E-state index contributed by atoms with van der Waals surface area (Å²) in [4.78, 5) is 14.0. The molecule has 0 fully saturated rings. The Morgan fingerprint density at radius 3 is 2.62 bits per heavy atom. The van der Waals surface area contributed by atoms with Gasteiger partial charge in [0.15, 0.2) is 0 Å². The SMILES string of the molecule is CCN(CC(O)c1ccc(C)cc1)C(=O)/C(C#N)=C/c1ccco1. The van der Waals surface area contributed by atoms with E-state index in [-0.39, 0.29) is 12.1 Å². The number of aliphatic hydroxyl groups excluding tert-OH is 1. The van der Waals surface area contributed by atoms with Gasteiger partial charge in [-0.1, -0.05) is 29.8 Å². The number of nitrogens with zero attached hydrogens (tertiary/aromatic N) is 2. The number of aliphatic hydroxyl groups is 1. The lowest BCUT2D eigenvalue weighted by molar-refractivity contribution is -0.127. The number of furan rings is 1. The topological polar surface area (TPSA) is 77.5 Å². The molecule has 0 saturated heterocycles. The fraction of sp³-hybridized carbons (Fsp3) is 0.263. The van der Waals surface area contributed by atoms with Crippen LogP contribution >= 0.6 is 0 Å². The van der Waals surface area contributed by atoms with E-state index in [0.29, 0.717) is 12.3 Å². The summed E-state index contributed by atoms with van der Waals surface area (Å²) in [6.45, 7) is 4.28. The normalized spacial score (nSPS) is 12.5. The number of carbonyl (C=O) groups is 1. The number of benzene rings is 1. The molecule has 124 valence electrons. The summed E-state index contributed by atoms with van der Waals surface area (Å²) in [5.74, 6) is 0.0117. The van der Waals surface area contributed by atoms with E-state index < -0.39 is 12.0 Å². The molecular weight excluding hydrogens is 304 g/mol. The quantitative estimate of drug-likeness (QED) is 0.654. The Hall–Kier alpha value is -2.84. The zero-order valence-corrected chi connectivity index (χ0v) is 13.8. The molecule has 1 aromatic heterocycles. The Bertz CT molecular complexity index is 740. The fourth-order valence-corrected chi connectivity index (χ4v) is 2.29. The molecule has 1 unspecified atom stereocenters. The molecule has 5 nitrogen and oxygen atoms in total. The van der Waals surface area contributed by atoms with E-state index in [1.807, 2.05) is 44.2 Å². The average Bonchev–Trinajstić information content (AvgIpc) is 3.10. The molecule has 5 heteroatoms. The van der Waals surface area contributed by atoms with Gasteiger partial charge in [-0.25, -0.2) is 0 Å². The number of rotatable bonds is 6. The first kappa shape index (κ1) is 17.5. The molecule has 0 saturated carbocycles. The van der Waals surface area contributed by atoms with Crippen LogP contribution in [0.4, 0.5) is 0 Å². The van der Waals surface area contributed by atoms with Gasteiger partial charge >= 0.3 is 0 Å². The van der Waals surface area contributed by atoms with Crippen LogP contribution < -0.4 is 0 Å². The number of likely N-dealkylation sites (N-methyl/N-ethyl adjacent to an activating group) is 1. The van der Waals surface area contributed by atoms with Crippen molar-refractivity contribution in [3.63, 3.8) is 0 Å². The van der Waals surface area contributed by atoms with E-state index in [1.165, 1.54) is 17.2 Å². The van der Waals surface area contributed by atoms with Crippen molar-refractivity contribution in [1.29, 1.82) is 5.26 Å². The summed E-state index contributed by atoms with van der Waals surface area (Å²) in [5, 5.41) is 19.6. The number of hydrogen-bond acceptors (Lipinski definition) is 4. The smallest absolute Gasteiger partial charge is 0.264 e. The van der Waals surface area contributed by atoms with Crippen molar-refractivity contribution in [2.75, 3.05) is 13.1 Å². The highest BCUT2D eigenvalue weighted by Gasteiger charge is 2.21. The molecule has 0 aliphatic heterocycles. The van der Waals surface area contributed by atoms with E-state index in [4.69, 9.17) is 4.42 Å². The van der Waals surface area contributed by atoms with E-state index >= 15 is 0 Å². The van der Waals surface area contributed by atoms with E-state index in [2.05, 4.69) is 0 Å². The number of hydrogen-bond donors (Lipinski definition) is 1. The number of nitriles is 1. The van der Waals surface area contributed by atoms with Crippen LogP contribution in [0.5, 0.6) is 0 Å². The average molecular weight is 324 g/mol. The summed E-state index contributed by atoms with van der Waals surface area (Å²) in [6, 6.07) is 12.7. The van der Waals surface area contributed by atoms with Crippen LogP contribution in [0.2, 0.25) is 0 Å². The van der Waals surface area contributed by atoms with Gasteiger partial charge < -0.3 is 14.4 Å². The third-order valence-corrected chi connectivity index (χ3v) is 3.71. The predicted molar refractivity (Wildman–Crippen MR) is 90.7 cm³/mol. The Morgan fingerprint density at radius 1 is 1.38 bits per heavy atom. The molecule has 0 aliphatic carbocycles. The third kappa shape index (κ3) is 4.34. The summed E-state index contributed by atoms with van der Waals surface area (Å²) in [7, 11) is 0. The predicted octanol–water partition coefficient (Wildman–Crippen LogP) is 3.08. The standard InChI is InChI=1S/C19H20N2O3/c1-3-21(13-18(22)15-8-6-14(2)7-9-15)19(23)16(12-20)11-17-5-4-10-24-17/h4-11,18,22H,3,13H2,1-2H3/b16-11+. The first-order valence-corrected chi connectivity index (χ1v) is 7.74. The highest BCUT2D eigenvalue weighted by atomic mass is 16.3. The minimum atomic E-state index is -0.807. The second-order valence-electron chi connectivity index (χ2n) is 5.46. The summed E-state index contributed by atoms with van der Waals surface area (Å²) in [6.07, 6.45) is 2.07. The largest absolute Gasteiger partial charge is 0.465 e. The minimum Gasteiger partial charge on any atom is -0.465 e. The molecule has 1 heterocycles.